The van der Waals surface area contributed by atoms with Crippen molar-refractivity contribution in [3.05, 3.63) is 24.3 Å². The van der Waals surface area contributed by atoms with Crippen LogP contribution in [0.4, 0.5) is 0 Å². The molecule has 0 unspecified atom stereocenters. The van der Waals surface area contributed by atoms with Gasteiger partial charge in [0.2, 0.25) is 0 Å². The Bertz CT molecular complexity index is 471. The first kappa shape index (κ1) is 13.5. The Morgan fingerprint density at radius 1 is 1.30 bits per heavy atom. The lowest BCUT2D eigenvalue weighted by Gasteiger charge is -2.46. The second kappa shape index (κ2) is 5.46. The van der Waals surface area contributed by atoms with Crippen molar-refractivity contribution in [1.29, 1.82) is 0 Å². The quantitative estimate of drug-likeness (QED) is 0.744. The maximum absolute atomic E-state index is 12.4. The zero-order valence-electron chi connectivity index (χ0n) is 11.8. The fraction of sp³-hybridized carbons (Fsp3) is 0.643. The minimum absolute atomic E-state index is 0.0419. The van der Waals surface area contributed by atoms with Gasteiger partial charge >= 0.3 is 0 Å². The van der Waals surface area contributed by atoms with Gasteiger partial charge in [0.05, 0.1) is 24.9 Å². The molecule has 3 heterocycles. The first-order valence-corrected chi connectivity index (χ1v) is 7.06. The molecule has 1 spiro atoms. The summed E-state index contributed by atoms with van der Waals surface area (Å²) in [6.07, 6.45) is 6.62. The van der Waals surface area contributed by atoms with Crippen LogP contribution in [-0.4, -0.2) is 71.1 Å². The van der Waals surface area contributed by atoms with E-state index in [2.05, 4.69) is 21.9 Å². The van der Waals surface area contributed by atoms with Crippen LogP contribution in [0.3, 0.4) is 0 Å². The van der Waals surface area contributed by atoms with E-state index in [-0.39, 0.29) is 11.5 Å². The topological polar surface area (TPSA) is 58.6 Å². The molecule has 6 heteroatoms. The molecule has 0 saturated carbocycles. The average molecular weight is 276 g/mol. The van der Waals surface area contributed by atoms with E-state index in [0.717, 1.165) is 25.9 Å². The number of carbonyl (C=O) groups excluding carboxylic acids is 1. The van der Waals surface area contributed by atoms with Crippen molar-refractivity contribution in [2.45, 2.75) is 18.4 Å². The van der Waals surface area contributed by atoms with E-state index < -0.39 is 0 Å². The summed E-state index contributed by atoms with van der Waals surface area (Å²) in [5.74, 6) is -0.0419. The van der Waals surface area contributed by atoms with Gasteiger partial charge in [-0.05, 0) is 19.9 Å². The third kappa shape index (κ3) is 2.66. The molecule has 1 aromatic rings. The lowest BCUT2D eigenvalue weighted by molar-refractivity contribution is -0.125. The number of ether oxygens (including phenoxy) is 1. The molecule has 0 aromatic carbocycles. The van der Waals surface area contributed by atoms with Gasteiger partial charge in [0.25, 0.3) is 5.91 Å². The SMILES string of the molecule is CN1CCC2(CC1)CN(C(=O)c1cnccn1)CCO2. The zero-order chi connectivity index (χ0) is 14.0. The number of nitrogens with zero attached hydrogens (tertiary/aromatic N) is 4. The molecule has 2 saturated heterocycles. The minimum atomic E-state index is -0.164. The first-order chi connectivity index (χ1) is 9.69. The highest BCUT2D eigenvalue weighted by Gasteiger charge is 2.40. The van der Waals surface area contributed by atoms with Gasteiger partial charge in [-0.15, -0.1) is 0 Å². The summed E-state index contributed by atoms with van der Waals surface area (Å²) in [5.41, 5.74) is 0.250. The van der Waals surface area contributed by atoms with E-state index in [1.165, 1.54) is 6.20 Å². The van der Waals surface area contributed by atoms with Crippen LogP contribution in [0.2, 0.25) is 0 Å². The third-order valence-electron chi connectivity index (χ3n) is 4.22. The predicted octanol–water partition coefficient (Wildman–Crippen LogP) is 0.413. The molecule has 2 aliphatic heterocycles. The van der Waals surface area contributed by atoms with E-state index in [1.807, 2.05) is 4.90 Å². The van der Waals surface area contributed by atoms with Crippen molar-refractivity contribution in [1.82, 2.24) is 19.8 Å². The van der Waals surface area contributed by atoms with Crippen LogP contribution < -0.4 is 0 Å². The first-order valence-electron chi connectivity index (χ1n) is 7.06. The van der Waals surface area contributed by atoms with E-state index in [1.54, 1.807) is 12.4 Å². The van der Waals surface area contributed by atoms with Gasteiger partial charge in [0, 0.05) is 32.0 Å². The normalized spacial score (nSPS) is 22.9. The molecular weight excluding hydrogens is 256 g/mol. The van der Waals surface area contributed by atoms with Crippen LogP contribution in [0, 0.1) is 0 Å². The van der Waals surface area contributed by atoms with Crippen LogP contribution in [0.15, 0.2) is 18.6 Å². The number of morpholine rings is 1. The summed E-state index contributed by atoms with van der Waals surface area (Å²) in [7, 11) is 2.12. The second-order valence-electron chi connectivity index (χ2n) is 5.65. The Morgan fingerprint density at radius 2 is 2.10 bits per heavy atom. The number of carbonyl (C=O) groups is 1. The molecule has 6 nitrogen and oxygen atoms in total. The summed E-state index contributed by atoms with van der Waals surface area (Å²) in [6.45, 7) is 3.94. The number of piperidine rings is 1. The van der Waals surface area contributed by atoms with Gasteiger partial charge in [0.1, 0.15) is 5.69 Å². The summed E-state index contributed by atoms with van der Waals surface area (Å²) in [4.78, 5) is 24.7. The number of aromatic nitrogens is 2. The average Bonchev–Trinajstić information content (AvgIpc) is 2.51. The minimum Gasteiger partial charge on any atom is -0.371 e. The molecule has 0 atom stereocenters. The highest BCUT2D eigenvalue weighted by Crippen LogP contribution is 2.30. The highest BCUT2D eigenvalue weighted by molar-refractivity contribution is 5.92. The van der Waals surface area contributed by atoms with Gasteiger partial charge < -0.3 is 14.5 Å². The van der Waals surface area contributed by atoms with E-state index in [4.69, 9.17) is 4.74 Å². The fourth-order valence-electron chi connectivity index (χ4n) is 2.92. The van der Waals surface area contributed by atoms with Crippen LogP contribution >= 0.6 is 0 Å². The van der Waals surface area contributed by atoms with Crippen molar-refractivity contribution in [2.75, 3.05) is 39.8 Å². The number of amides is 1. The smallest absolute Gasteiger partial charge is 0.274 e. The van der Waals surface area contributed by atoms with Gasteiger partial charge in [-0.2, -0.15) is 0 Å². The molecule has 2 fully saturated rings. The second-order valence-corrected chi connectivity index (χ2v) is 5.65. The summed E-state index contributed by atoms with van der Waals surface area (Å²) < 4.78 is 6.01. The van der Waals surface area contributed by atoms with Crippen molar-refractivity contribution in [3.63, 3.8) is 0 Å². The lowest BCUT2D eigenvalue weighted by atomic mass is 9.89. The van der Waals surface area contributed by atoms with Gasteiger partial charge in [0.15, 0.2) is 0 Å². The standard InChI is InChI=1S/C14H20N4O2/c1-17-6-2-14(3-7-17)11-18(8-9-20-14)13(19)12-10-15-4-5-16-12/h4-5,10H,2-3,6-9,11H2,1H3. The molecule has 108 valence electrons. The Morgan fingerprint density at radius 3 is 2.80 bits per heavy atom. The van der Waals surface area contributed by atoms with Crippen LogP contribution in [0.5, 0.6) is 0 Å². The van der Waals surface area contributed by atoms with Crippen molar-refractivity contribution in [2.24, 2.45) is 0 Å². The monoisotopic (exact) mass is 276 g/mol. The molecule has 1 aromatic heterocycles. The number of hydrogen-bond donors (Lipinski definition) is 0. The Labute approximate surface area is 118 Å². The molecule has 20 heavy (non-hydrogen) atoms. The fourth-order valence-corrected chi connectivity index (χ4v) is 2.92. The Kier molecular flexibility index (Phi) is 3.67. The molecular formula is C14H20N4O2. The highest BCUT2D eigenvalue weighted by atomic mass is 16.5. The molecule has 1 amide bonds. The lowest BCUT2D eigenvalue weighted by Crippen LogP contribution is -2.57. The van der Waals surface area contributed by atoms with Crippen molar-refractivity contribution < 1.29 is 9.53 Å². The molecule has 0 bridgehead atoms. The van der Waals surface area contributed by atoms with Gasteiger partial charge in [-0.25, -0.2) is 4.98 Å². The molecule has 3 rings (SSSR count). The molecule has 0 aliphatic carbocycles. The van der Waals surface area contributed by atoms with E-state index in [9.17, 15) is 4.79 Å². The molecule has 0 radical (unpaired) electrons. The van der Waals surface area contributed by atoms with Crippen molar-refractivity contribution in [3.8, 4) is 0 Å². The third-order valence-corrected chi connectivity index (χ3v) is 4.22. The van der Waals surface area contributed by atoms with Gasteiger partial charge in [-0.3, -0.25) is 9.78 Å². The molecule has 0 N–H and O–H groups in total. The van der Waals surface area contributed by atoms with Crippen LogP contribution in [0.1, 0.15) is 23.3 Å². The summed E-state index contributed by atoms with van der Waals surface area (Å²) in [6, 6.07) is 0. The van der Waals surface area contributed by atoms with Crippen LogP contribution in [-0.2, 0) is 4.74 Å². The zero-order valence-corrected chi connectivity index (χ0v) is 11.8. The molecule has 2 aliphatic rings. The maximum atomic E-state index is 12.4. The maximum Gasteiger partial charge on any atom is 0.274 e. The summed E-state index contributed by atoms with van der Waals surface area (Å²) in [5, 5.41) is 0. The summed E-state index contributed by atoms with van der Waals surface area (Å²) >= 11 is 0. The van der Waals surface area contributed by atoms with Gasteiger partial charge in [-0.1, -0.05) is 0 Å². The predicted molar refractivity (Wildman–Crippen MR) is 73.3 cm³/mol. The Balaban J connectivity index is 1.71. The largest absolute Gasteiger partial charge is 0.371 e. The number of hydrogen-bond acceptors (Lipinski definition) is 5. The van der Waals surface area contributed by atoms with Crippen molar-refractivity contribution >= 4 is 5.91 Å². The van der Waals surface area contributed by atoms with Crippen LogP contribution in [0.25, 0.3) is 0 Å². The number of likely N-dealkylation sites (tertiary alicyclic amines) is 1. The van der Waals surface area contributed by atoms with E-state index >= 15 is 0 Å². The Hall–Kier alpha value is -1.53. The van der Waals surface area contributed by atoms with E-state index in [0.29, 0.717) is 25.4 Å². The number of rotatable bonds is 1.